The summed E-state index contributed by atoms with van der Waals surface area (Å²) in [5.41, 5.74) is 1.32. The van der Waals surface area contributed by atoms with Crippen molar-refractivity contribution in [2.24, 2.45) is 0 Å². The van der Waals surface area contributed by atoms with Crippen LogP contribution in [0.5, 0.6) is 0 Å². The fourth-order valence-electron chi connectivity index (χ4n) is 2.02. The largest absolute Gasteiger partial charge is 0.416 e. The molecule has 0 amide bonds. The lowest BCUT2D eigenvalue weighted by Crippen LogP contribution is -2.35. The van der Waals surface area contributed by atoms with E-state index < -0.39 is 11.7 Å². The molecule has 0 aromatic heterocycles. The molecule has 0 aliphatic carbocycles. The minimum Gasteiger partial charge on any atom is -0.362 e. The third kappa shape index (κ3) is 5.90. The zero-order valence-corrected chi connectivity index (χ0v) is 13.2. The summed E-state index contributed by atoms with van der Waals surface area (Å²) in [7, 11) is 0. The molecule has 122 valence electrons. The van der Waals surface area contributed by atoms with Crippen molar-refractivity contribution in [3.63, 3.8) is 0 Å². The Hall–Kier alpha value is -2.08. The minimum atomic E-state index is -4.29. The Bertz CT molecular complexity index is 625. The topological polar surface area (TPSA) is 24.1 Å². The van der Waals surface area contributed by atoms with Gasteiger partial charge < -0.3 is 10.6 Å². The van der Waals surface area contributed by atoms with Crippen molar-refractivity contribution < 1.29 is 13.2 Å². The fourth-order valence-corrected chi connectivity index (χ4v) is 2.20. The summed E-state index contributed by atoms with van der Waals surface area (Å²) in [5, 5.41) is 6.66. The third-order valence-electron chi connectivity index (χ3n) is 3.28. The standard InChI is InChI=1S/C17H17F3N2S/c18-17(19,20)15-8-6-13(7-9-15)10-11-21-16(23)22-12-14-4-2-1-3-5-14/h1-9H,10-12H2,(H2,21,22,23). The quantitative estimate of drug-likeness (QED) is 0.808. The van der Waals surface area contributed by atoms with Crippen molar-refractivity contribution in [3.05, 3.63) is 71.3 Å². The second-order valence-electron chi connectivity index (χ2n) is 5.04. The van der Waals surface area contributed by atoms with E-state index >= 15 is 0 Å². The molecule has 0 radical (unpaired) electrons. The van der Waals surface area contributed by atoms with Gasteiger partial charge in [0, 0.05) is 13.1 Å². The maximum atomic E-state index is 12.5. The lowest BCUT2D eigenvalue weighted by Gasteiger charge is -2.11. The van der Waals surface area contributed by atoms with E-state index in [9.17, 15) is 13.2 Å². The van der Waals surface area contributed by atoms with Crippen LogP contribution in [0.4, 0.5) is 13.2 Å². The van der Waals surface area contributed by atoms with E-state index in [2.05, 4.69) is 10.6 Å². The van der Waals surface area contributed by atoms with Crippen molar-refractivity contribution in [3.8, 4) is 0 Å². The number of halogens is 3. The average Bonchev–Trinajstić information content (AvgIpc) is 2.53. The van der Waals surface area contributed by atoms with Crippen LogP contribution in [0.2, 0.25) is 0 Å². The number of benzene rings is 2. The second kappa shape index (κ2) is 7.97. The average molecular weight is 338 g/mol. The van der Waals surface area contributed by atoms with Gasteiger partial charge in [0.15, 0.2) is 5.11 Å². The number of thiocarbonyl (C=S) groups is 1. The van der Waals surface area contributed by atoms with Crippen LogP contribution in [0.15, 0.2) is 54.6 Å². The van der Waals surface area contributed by atoms with E-state index in [-0.39, 0.29) is 0 Å². The van der Waals surface area contributed by atoms with Gasteiger partial charge in [-0.1, -0.05) is 42.5 Å². The minimum absolute atomic E-state index is 0.528. The van der Waals surface area contributed by atoms with E-state index in [1.54, 1.807) is 0 Å². The Morgan fingerprint density at radius 1 is 0.870 bits per heavy atom. The predicted octanol–water partition coefficient (Wildman–Crippen LogP) is 3.91. The summed E-state index contributed by atoms with van der Waals surface area (Å²) in [6.45, 7) is 1.19. The summed E-state index contributed by atoms with van der Waals surface area (Å²) < 4.78 is 37.4. The van der Waals surface area contributed by atoms with Gasteiger partial charge >= 0.3 is 6.18 Å². The highest BCUT2D eigenvalue weighted by Crippen LogP contribution is 2.29. The molecular formula is C17H17F3N2S. The molecule has 0 aliphatic heterocycles. The molecule has 0 spiro atoms. The summed E-state index contributed by atoms with van der Waals surface area (Å²) in [4.78, 5) is 0. The van der Waals surface area contributed by atoms with Crippen LogP contribution in [0.3, 0.4) is 0 Å². The molecule has 2 rings (SSSR count). The van der Waals surface area contributed by atoms with Crippen LogP contribution in [-0.2, 0) is 19.1 Å². The SMILES string of the molecule is FC(F)(F)c1ccc(CCNC(=S)NCc2ccccc2)cc1. The molecule has 0 heterocycles. The first-order chi connectivity index (χ1) is 10.9. The lowest BCUT2D eigenvalue weighted by atomic mass is 10.1. The monoisotopic (exact) mass is 338 g/mol. The molecule has 2 aromatic rings. The van der Waals surface area contributed by atoms with Crippen LogP contribution in [-0.4, -0.2) is 11.7 Å². The Kier molecular flexibility index (Phi) is 5.98. The number of rotatable bonds is 5. The van der Waals surface area contributed by atoms with Gasteiger partial charge in [-0.2, -0.15) is 13.2 Å². The zero-order valence-electron chi connectivity index (χ0n) is 12.4. The molecule has 2 nitrogen and oxygen atoms in total. The zero-order chi connectivity index (χ0) is 16.7. The van der Waals surface area contributed by atoms with Crippen molar-refractivity contribution in [2.45, 2.75) is 19.1 Å². The van der Waals surface area contributed by atoms with Gasteiger partial charge in [-0.25, -0.2) is 0 Å². The number of nitrogens with one attached hydrogen (secondary N) is 2. The number of hydrogen-bond donors (Lipinski definition) is 2. The van der Waals surface area contributed by atoms with E-state index in [4.69, 9.17) is 12.2 Å². The van der Waals surface area contributed by atoms with Crippen molar-refractivity contribution in [2.75, 3.05) is 6.54 Å². The molecule has 2 aromatic carbocycles. The number of alkyl halides is 3. The fraction of sp³-hybridized carbons (Fsp3) is 0.235. The van der Waals surface area contributed by atoms with Crippen LogP contribution < -0.4 is 10.6 Å². The third-order valence-corrected chi connectivity index (χ3v) is 3.57. The van der Waals surface area contributed by atoms with Gasteiger partial charge in [0.05, 0.1) is 5.56 Å². The first kappa shape index (κ1) is 17.3. The molecule has 0 unspecified atom stereocenters. The Balaban J connectivity index is 1.71. The molecule has 0 fully saturated rings. The van der Waals surface area contributed by atoms with E-state index in [0.717, 1.165) is 23.3 Å². The van der Waals surface area contributed by atoms with Gasteiger partial charge in [-0.3, -0.25) is 0 Å². The Labute approximate surface area is 138 Å². The lowest BCUT2D eigenvalue weighted by molar-refractivity contribution is -0.137. The molecule has 0 saturated heterocycles. The maximum absolute atomic E-state index is 12.5. The Morgan fingerprint density at radius 2 is 1.52 bits per heavy atom. The van der Waals surface area contributed by atoms with Crippen LogP contribution in [0.1, 0.15) is 16.7 Å². The highest BCUT2D eigenvalue weighted by molar-refractivity contribution is 7.80. The van der Waals surface area contributed by atoms with Crippen LogP contribution in [0.25, 0.3) is 0 Å². The summed E-state index contributed by atoms with van der Waals surface area (Å²) in [5.74, 6) is 0. The molecule has 23 heavy (non-hydrogen) atoms. The van der Waals surface area contributed by atoms with Gasteiger partial charge in [0.1, 0.15) is 0 Å². The summed E-state index contributed by atoms with van der Waals surface area (Å²) in [6.07, 6.45) is -3.69. The first-order valence-electron chi connectivity index (χ1n) is 7.17. The van der Waals surface area contributed by atoms with E-state index in [0.29, 0.717) is 24.6 Å². The van der Waals surface area contributed by atoms with Crippen LogP contribution >= 0.6 is 12.2 Å². The van der Waals surface area contributed by atoms with E-state index in [1.807, 2.05) is 30.3 Å². The molecule has 0 atom stereocenters. The Morgan fingerprint density at radius 3 is 2.13 bits per heavy atom. The second-order valence-corrected chi connectivity index (χ2v) is 5.45. The van der Waals surface area contributed by atoms with Gasteiger partial charge in [0.2, 0.25) is 0 Å². The van der Waals surface area contributed by atoms with Crippen LogP contribution in [0, 0.1) is 0 Å². The normalized spacial score (nSPS) is 11.1. The highest BCUT2D eigenvalue weighted by Gasteiger charge is 2.29. The van der Waals surface area contributed by atoms with Gasteiger partial charge in [-0.05, 0) is 41.9 Å². The summed E-state index contributed by atoms with van der Waals surface area (Å²) in [6, 6.07) is 15.0. The van der Waals surface area contributed by atoms with E-state index in [1.165, 1.54) is 12.1 Å². The smallest absolute Gasteiger partial charge is 0.362 e. The maximum Gasteiger partial charge on any atom is 0.416 e. The predicted molar refractivity (Wildman–Crippen MR) is 89.0 cm³/mol. The van der Waals surface area contributed by atoms with Gasteiger partial charge in [-0.15, -0.1) is 0 Å². The van der Waals surface area contributed by atoms with Crippen molar-refractivity contribution in [1.82, 2.24) is 10.6 Å². The van der Waals surface area contributed by atoms with Crippen molar-refractivity contribution >= 4 is 17.3 Å². The molecule has 0 saturated carbocycles. The van der Waals surface area contributed by atoms with Crippen molar-refractivity contribution in [1.29, 1.82) is 0 Å². The summed E-state index contributed by atoms with van der Waals surface area (Å²) >= 11 is 5.17. The molecular weight excluding hydrogens is 321 g/mol. The highest BCUT2D eigenvalue weighted by atomic mass is 32.1. The first-order valence-corrected chi connectivity index (χ1v) is 7.58. The molecule has 0 bridgehead atoms. The molecule has 6 heteroatoms. The number of hydrogen-bond acceptors (Lipinski definition) is 1. The van der Waals surface area contributed by atoms with Gasteiger partial charge in [0.25, 0.3) is 0 Å². The molecule has 0 aliphatic rings. The molecule has 2 N–H and O–H groups in total.